The number of hydrogen-bond acceptors (Lipinski definition) is 11. The molecule has 10 rings (SSSR count). The van der Waals surface area contributed by atoms with E-state index in [1.54, 1.807) is 25.6 Å². The molecule has 16 atom stereocenters. The molecule has 8 aliphatic heterocycles. The van der Waals surface area contributed by atoms with Crippen molar-refractivity contribution in [3.63, 3.8) is 0 Å². The summed E-state index contributed by atoms with van der Waals surface area (Å²) in [5.41, 5.74) is -1.73. The Morgan fingerprint density at radius 3 is 1.63 bits per heavy atom. The average molecular weight is 765 g/mol. The lowest BCUT2D eigenvalue weighted by molar-refractivity contribution is -0.598. The number of ether oxygens (including phenoxy) is 6. The summed E-state index contributed by atoms with van der Waals surface area (Å²) in [5, 5.41) is 0. The highest BCUT2D eigenvalue weighted by atomic mass is 32.2. The fourth-order valence-corrected chi connectivity index (χ4v) is 12.5. The van der Waals surface area contributed by atoms with E-state index in [0.717, 1.165) is 50.7 Å². The molecule has 2 saturated carbocycles. The van der Waals surface area contributed by atoms with Gasteiger partial charge in [0.25, 0.3) is 5.79 Å². The summed E-state index contributed by atoms with van der Waals surface area (Å²) in [5.74, 6) is -4.49. The molecule has 14 heteroatoms. The quantitative estimate of drug-likeness (QED) is 0.159. The summed E-state index contributed by atoms with van der Waals surface area (Å²) < 4.78 is 83.0. The van der Waals surface area contributed by atoms with Gasteiger partial charge in [0.05, 0.1) is 13.2 Å². The predicted octanol–water partition coefficient (Wildman–Crippen LogP) is 8.27. The van der Waals surface area contributed by atoms with E-state index in [1.165, 1.54) is 0 Å². The average Bonchev–Trinajstić information content (AvgIpc) is 3.46. The molecule has 2 aliphatic carbocycles. The molecule has 0 aromatic heterocycles. The maximum atomic E-state index is 15.1. The molecule has 4 bridgehead atoms. The first kappa shape index (κ1) is 38.6. The van der Waals surface area contributed by atoms with Gasteiger partial charge < -0.3 is 28.4 Å². The van der Waals surface area contributed by atoms with Crippen LogP contribution in [-0.2, 0) is 48.0 Å². The van der Waals surface area contributed by atoms with Crippen LogP contribution in [0.5, 0.6) is 0 Å². The van der Waals surface area contributed by atoms with Gasteiger partial charge in [-0.2, -0.15) is 24.9 Å². The largest absolute Gasteiger partial charge is 0.443 e. The fraction of sp³-hybridized carbons (Fsp3) is 1.00. The summed E-state index contributed by atoms with van der Waals surface area (Å²) in [4.78, 5) is 24.0. The van der Waals surface area contributed by atoms with Crippen LogP contribution in [0, 0.1) is 47.3 Å². The van der Waals surface area contributed by atoms with Crippen LogP contribution in [0.25, 0.3) is 0 Å². The minimum atomic E-state index is -4.77. The normalized spacial score (nSPS) is 53.9. The monoisotopic (exact) mass is 764 g/mol. The molecule has 0 radical (unpaired) electrons. The summed E-state index contributed by atoms with van der Waals surface area (Å²) in [7, 11) is 0. The van der Waals surface area contributed by atoms with Crippen LogP contribution in [0.4, 0.5) is 13.2 Å². The molecular weight excluding hydrogens is 705 g/mol. The Balaban J connectivity index is 0.839. The minimum absolute atomic E-state index is 0.0301. The minimum Gasteiger partial charge on any atom is -0.350 e. The number of hydrogen-bond donors (Lipinski definition) is 0. The SMILES string of the molecule is C[C@@H]1CC[C@H]2[C@@H](C)[C@@](C)(OCCCSCCCO[C@@]3(C(F)(F)F)O[C@@H]4O[C@]5(C)CC[C@H]6[C@H](C)CC[C@@H]([C@H]3C)[C@@]46OO5)O[C@@H]3O[C@]4(C)CC[C@@H]1[C@]32OO4. The third-order valence-corrected chi connectivity index (χ3v) is 15.9. The van der Waals surface area contributed by atoms with E-state index in [-0.39, 0.29) is 30.3 Å². The number of fused-ring (bicyclic) bond motifs is 4. The van der Waals surface area contributed by atoms with Crippen molar-refractivity contribution in [2.75, 3.05) is 24.7 Å². The molecule has 298 valence electrons. The lowest BCUT2D eigenvalue weighted by Crippen LogP contribution is -2.76. The van der Waals surface area contributed by atoms with Crippen molar-refractivity contribution in [1.29, 1.82) is 0 Å². The Hall–Kier alpha value is -0.260. The van der Waals surface area contributed by atoms with Gasteiger partial charge in [-0.3, -0.25) is 0 Å². The Morgan fingerprint density at radius 1 is 0.596 bits per heavy atom. The van der Waals surface area contributed by atoms with Crippen LogP contribution >= 0.6 is 11.8 Å². The van der Waals surface area contributed by atoms with E-state index in [4.69, 9.17) is 48.0 Å². The van der Waals surface area contributed by atoms with Gasteiger partial charge in [-0.15, -0.1) is 0 Å². The molecule has 52 heavy (non-hydrogen) atoms. The van der Waals surface area contributed by atoms with Crippen molar-refractivity contribution in [1.82, 2.24) is 0 Å². The maximum Gasteiger partial charge on any atom is 0.443 e. The first-order valence-corrected chi connectivity index (χ1v) is 21.1. The molecule has 8 saturated heterocycles. The van der Waals surface area contributed by atoms with Gasteiger partial charge in [0, 0.05) is 36.5 Å². The first-order chi connectivity index (χ1) is 24.5. The van der Waals surface area contributed by atoms with E-state index in [9.17, 15) is 0 Å². The molecule has 10 nitrogen and oxygen atoms in total. The molecule has 0 aromatic rings. The highest BCUT2D eigenvalue weighted by molar-refractivity contribution is 7.99. The second-order valence-corrected chi connectivity index (χ2v) is 19.1. The molecule has 2 spiro atoms. The van der Waals surface area contributed by atoms with Crippen LogP contribution in [0.2, 0.25) is 0 Å². The van der Waals surface area contributed by atoms with Gasteiger partial charge in [-0.05, 0) is 107 Å². The number of alkyl halides is 3. The highest BCUT2D eigenvalue weighted by Crippen LogP contribution is 2.65. The van der Waals surface area contributed by atoms with Crippen molar-refractivity contribution in [3.8, 4) is 0 Å². The summed E-state index contributed by atoms with van der Waals surface area (Å²) >= 11 is 1.68. The highest BCUT2D eigenvalue weighted by Gasteiger charge is 2.77. The van der Waals surface area contributed by atoms with Crippen molar-refractivity contribution < 1.29 is 61.1 Å². The summed E-state index contributed by atoms with van der Waals surface area (Å²) in [6.07, 6.45) is 1.13. The van der Waals surface area contributed by atoms with Crippen molar-refractivity contribution >= 4 is 11.8 Å². The second-order valence-electron chi connectivity index (χ2n) is 17.8. The van der Waals surface area contributed by atoms with E-state index in [1.807, 2.05) is 13.8 Å². The second kappa shape index (κ2) is 13.4. The van der Waals surface area contributed by atoms with Gasteiger partial charge in [-0.25, -0.2) is 19.6 Å². The molecule has 10 aliphatic rings. The Morgan fingerprint density at radius 2 is 1.10 bits per heavy atom. The van der Waals surface area contributed by atoms with Crippen molar-refractivity contribution in [2.45, 2.75) is 166 Å². The van der Waals surface area contributed by atoms with E-state index < -0.39 is 64.9 Å². The fourth-order valence-electron chi connectivity index (χ4n) is 11.6. The predicted molar refractivity (Wildman–Crippen MR) is 182 cm³/mol. The van der Waals surface area contributed by atoms with Crippen LogP contribution < -0.4 is 0 Å². The number of rotatable bonds is 10. The third-order valence-electron chi connectivity index (χ3n) is 14.8. The van der Waals surface area contributed by atoms with Gasteiger partial charge in [0.15, 0.2) is 29.6 Å². The zero-order valence-corrected chi connectivity index (χ0v) is 32.6. The third kappa shape index (κ3) is 5.80. The van der Waals surface area contributed by atoms with Gasteiger partial charge in [0.2, 0.25) is 11.6 Å². The standard InChI is InChI=1S/C38H59F3O10S/c1-22-10-12-28-24(3)34(7,46-30-35(28)26(22)14-16-32(5,44-30)48-50-35)42-18-8-20-52-21-9-19-43-37(38(39,40)41)25(4)29-13-11-23(2)27-15-17-33(6)45-31(47-37)36(27,29)51-49-33/h22-31H,8-21H2,1-7H3/t22-,23-,24-,25-,26+,27+,28+,29+,30+,31+,32+,33+,34+,35-,36-,37-/m1/s1. The smallest absolute Gasteiger partial charge is 0.350 e. The maximum absolute atomic E-state index is 15.1. The first-order valence-electron chi connectivity index (χ1n) is 19.9. The van der Waals surface area contributed by atoms with Crippen LogP contribution in [0.3, 0.4) is 0 Å². The van der Waals surface area contributed by atoms with Crippen molar-refractivity contribution in [2.24, 2.45) is 47.3 Å². The molecule has 0 amide bonds. The van der Waals surface area contributed by atoms with Gasteiger partial charge >= 0.3 is 6.18 Å². The van der Waals surface area contributed by atoms with E-state index in [2.05, 4.69) is 20.8 Å². The molecular formula is C38H59F3O10S. The zero-order valence-electron chi connectivity index (χ0n) is 31.8. The van der Waals surface area contributed by atoms with Gasteiger partial charge in [0.1, 0.15) is 0 Å². The lowest BCUT2D eigenvalue weighted by atomic mass is 9.57. The van der Waals surface area contributed by atoms with Crippen LogP contribution in [0.15, 0.2) is 0 Å². The number of halogens is 3. The van der Waals surface area contributed by atoms with E-state index >= 15 is 13.2 Å². The molecule has 0 N–H and O–H groups in total. The van der Waals surface area contributed by atoms with Crippen molar-refractivity contribution in [3.05, 3.63) is 0 Å². The molecule has 0 unspecified atom stereocenters. The van der Waals surface area contributed by atoms with E-state index in [0.29, 0.717) is 43.5 Å². The lowest BCUT2D eigenvalue weighted by Gasteiger charge is -2.62. The summed E-state index contributed by atoms with van der Waals surface area (Å²) in [6, 6.07) is 0. The molecule has 8 heterocycles. The Kier molecular flexibility index (Phi) is 9.96. The van der Waals surface area contributed by atoms with Crippen LogP contribution in [-0.4, -0.2) is 77.8 Å². The molecule has 0 aromatic carbocycles. The Labute approximate surface area is 310 Å². The van der Waals surface area contributed by atoms with Gasteiger partial charge in [-0.1, -0.05) is 27.7 Å². The number of thioether (sulfide) groups is 1. The Bertz CT molecular complexity index is 1330. The summed E-state index contributed by atoms with van der Waals surface area (Å²) in [6.45, 7) is 14.3. The van der Waals surface area contributed by atoms with Crippen LogP contribution in [0.1, 0.15) is 113 Å². The molecule has 10 fully saturated rings. The topological polar surface area (TPSA) is 92.3 Å². The zero-order chi connectivity index (χ0) is 37.0.